The van der Waals surface area contributed by atoms with Crippen molar-refractivity contribution in [3.8, 4) is 0 Å². The third-order valence-electron chi connectivity index (χ3n) is 11.5. The van der Waals surface area contributed by atoms with Gasteiger partial charge in [0.05, 0.1) is 0 Å². The Morgan fingerprint density at radius 2 is 0.587 bits per heavy atom. The molecule has 0 N–H and O–H groups in total. The Kier molecular flexibility index (Phi) is 49.4. The fraction of sp³-hybridized carbons (Fsp3) is 0.772. The van der Waals surface area contributed by atoms with E-state index in [1.165, 1.54) is 128 Å². The highest BCUT2D eigenvalue weighted by atomic mass is 16.6. The summed E-state index contributed by atoms with van der Waals surface area (Å²) in [6.45, 7) is 6.53. The SMILES string of the molecule is CCCC/C=C\CCCCCCCC(=O)OCC(COC(=O)CCCCCCCCCC/C=C\C/C=C\C/C=C\CCCCCCC)OC(=O)CCCCCCC/C=C\CCCC. The van der Waals surface area contributed by atoms with Gasteiger partial charge in [0.2, 0.25) is 0 Å². The highest BCUT2D eigenvalue weighted by Gasteiger charge is 2.19. The van der Waals surface area contributed by atoms with E-state index in [4.69, 9.17) is 14.2 Å². The van der Waals surface area contributed by atoms with Crippen LogP contribution >= 0.6 is 0 Å². The third kappa shape index (κ3) is 50.0. The Balaban J connectivity index is 4.27. The highest BCUT2D eigenvalue weighted by Crippen LogP contribution is 2.14. The van der Waals surface area contributed by atoms with E-state index in [0.717, 1.165) is 96.3 Å². The number of allylic oxidation sites excluding steroid dienone is 10. The average molecular weight is 881 g/mol. The lowest BCUT2D eigenvalue weighted by atomic mass is 10.1. The molecule has 0 aliphatic carbocycles. The van der Waals surface area contributed by atoms with Crippen molar-refractivity contribution in [2.75, 3.05) is 13.2 Å². The number of ether oxygens (including phenoxy) is 3. The van der Waals surface area contributed by atoms with Gasteiger partial charge in [0.15, 0.2) is 6.10 Å². The van der Waals surface area contributed by atoms with Gasteiger partial charge in [0.1, 0.15) is 13.2 Å². The van der Waals surface area contributed by atoms with Gasteiger partial charge in [-0.2, -0.15) is 0 Å². The van der Waals surface area contributed by atoms with E-state index < -0.39 is 6.10 Å². The lowest BCUT2D eigenvalue weighted by Gasteiger charge is -2.18. The van der Waals surface area contributed by atoms with Crippen molar-refractivity contribution in [3.05, 3.63) is 60.8 Å². The Morgan fingerprint density at radius 3 is 0.952 bits per heavy atom. The van der Waals surface area contributed by atoms with Crippen molar-refractivity contribution in [1.29, 1.82) is 0 Å². The molecule has 0 aromatic carbocycles. The minimum Gasteiger partial charge on any atom is -0.462 e. The normalized spacial score (nSPS) is 12.5. The first-order valence-corrected chi connectivity index (χ1v) is 26.8. The maximum absolute atomic E-state index is 12.7. The molecule has 6 heteroatoms. The van der Waals surface area contributed by atoms with Crippen LogP contribution in [0.2, 0.25) is 0 Å². The molecule has 1 atom stereocenters. The predicted octanol–water partition coefficient (Wildman–Crippen LogP) is 17.6. The largest absolute Gasteiger partial charge is 0.462 e. The van der Waals surface area contributed by atoms with Gasteiger partial charge in [-0.1, -0.05) is 210 Å². The van der Waals surface area contributed by atoms with Crippen LogP contribution in [0.4, 0.5) is 0 Å². The van der Waals surface area contributed by atoms with Crippen molar-refractivity contribution in [2.24, 2.45) is 0 Å². The van der Waals surface area contributed by atoms with E-state index in [9.17, 15) is 14.4 Å². The third-order valence-corrected chi connectivity index (χ3v) is 11.5. The van der Waals surface area contributed by atoms with Crippen molar-refractivity contribution < 1.29 is 28.6 Å². The first-order chi connectivity index (χ1) is 31.0. The van der Waals surface area contributed by atoms with Crippen LogP contribution < -0.4 is 0 Å². The van der Waals surface area contributed by atoms with Gasteiger partial charge in [-0.3, -0.25) is 14.4 Å². The number of unbranched alkanes of at least 4 members (excludes halogenated alkanes) is 27. The molecule has 63 heavy (non-hydrogen) atoms. The van der Waals surface area contributed by atoms with Gasteiger partial charge < -0.3 is 14.2 Å². The Morgan fingerprint density at radius 1 is 0.317 bits per heavy atom. The zero-order valence-corrected chi connectivity index (χ0v) is 41.6. The summed E-state index contributed by atoms with van der Waals surface area (Å²) in [5, 5.41) is 0. The molecule has 364 valence electrons. The van der Waals surface area contributed by atoms with E-state index >= 15 is 0 Å². The number of rotatable bonds is 48. The first-order valence-electron chi connectivity index (χ1n) is 26.8. The van der Waals surface area contributed by atoms with Crippen LogP contribution in [-0.2, 0) is 28.6 Å². The molecule has 6 nitrogen and oxygen atoms in total. The highest BCUT2D eigenvalue weighted by molar-refractivity contribution is 5.71. The van der Waals surface area contributed by atoms with E-state index in [2.05, 4.69) is 81.5 Å². The molecule has 0 amide bonds. The molecule has 0 saturated heterocycles. The predicted molar refractivity (Wildman–Crippen MR) is 270 cm³/mol. The molecule has 0 saturated carbocycles. The Bertz CT molecular complexity index is 1150. The lowest BCUT2D eigenvalue weighted by Crippen LogP contribution is -2.30. The standard InChI is InChI=1S/C57H100O6/c1-4-7-10-13-16-19-22-23-24-25-26-27-28-29-30-31-32-33-36-38-41-44-47-50-56(59)62-53-54(63-57(60)51-48-45-42-39-35-21-18-15-12-9-6-3)52-61-55(58)49-46-43-40-37-34-20-17-14-11-8-5-2/h14-15,17-18,22-23,25-26,28-29,54H,4-13,16,19-21,24,27,30-53H2,1-3H3/b17-14-,18-15-,23-22-,26-25-,29-28-. The molecule has 0 radical (unpaired) electrons. The smallest absolute Gasteiger partial charge is 0.306 e. The molecule has 0 aliphatic rings. The van der Waals surface area contributed by atoms with Gasteiger partial charge in [0, 0.05) is 19.3 Å². The lowest BCUT2D eigenvalue weighted by molar-refractivity contribution is -0.167. The summed E-state index contributed by atoms with van der Waals surface area (Å²) in [6.07, 6.45) is 63.5. The van der Waals surface area contributed by atoms with Gasteiger partial charge in [-0.25, -0.2) is 0 Å². The van der Waals surface area contributed by atoms with Crippen LogP contribution in [0.5, 0.6) is 0 Å². The molecular weight excluding hydrogens is 781 g/mol. The Labute approximate surface area is 390 Å². The van der Waals surface area contributed by atoms with E-state index in [0.29, 0.717) is 19.3 Å². The number of esters is 3. The summed E-state index contributed by atoms with van der Waals surface area (Å²) in [5.41, 5.74) is 0. The molecule has 0 fully saturated rings. The summed E-state index contributed by atoms with van der Waals surface area (Å²) in [7, 11) is 0. The quantitative estimate of drug-likeness (QED) is 0.0262. The van der Waals surface area contributed by atoms with Crippen molar-refractivity contribution in [3.63, 3.8) is 0 Å². The van der Waals surface area contributed by atoms with Gasteiger partial charge >= 0.3 is 17.9 Å². The molecular formula is C57H100O6. The minimum atomic E-state index is -0.783. The average Bonchev–Trinajstić information content (AvgIpc) is 3.28. The monoisotopic (exact) mass is 881 g/mol. The molecule has 0 bridgehead atoms. The molecule has 0 spiro atoms. The summed E-state index contributed by atoms with van der Waals surface area (Å²) in [6, 6.07) is 0. The molecule has 0 heterocycles. The maximum atomic E-state index is 12.7. The first kappa shape index (κ1) is 60.1. The second-order valence-corrected chi connectivity index (χ2v) is 17.8. The van der Waals surface area contributed by atoms with Gasteiger partial charge in [0.25, 0.3) is 0 Å². The second kappa shape index (κ2) is 51.7. The van der Waals surface area contributed by atoms with Crippen LogP contribution in [0.1, 0.15) is 265 Å². The summed E-state index contributed by atoms with van der Waals surface area (Å²) < 4.78 is 16.8. The van der Waals surface area contributed by atoms with Crippen LogP contribution in [0.25, 0.3) is 0 Å². The molecule has 0 rings (SSSR count). The number of carbonyl (C=O) groups excluding carboxylic acids is 3. The summed E-state index contributed by atoms with van der Waals surface area (Å²) in [5.74, 6) is -0.907. The van der Waals surface area contributed by atoms with E-state index in [-0.39, 0.29) is 31.1 Å². The zero-order chi connectivity index (χ0) is 45.8. The van der Waals surface area contributed by atoms with Crippen molar-refractivity contribution in [2.45, 2.75) is 271 Å². The van der Waals surface area contributed by atoms with Gasteiger partial charge in [-0.15, -0.1) is 0 Å². The number of hydrogen-bond donors (Lipinski definition) is 0. The molecule has 0 aliphatic heterocycles. The maximum Gasteiger partial charge on any atom is 0.306 e. The van der Waals surface area contributed by atoms with Crippen LogP contribution in [0.15, 0.2) is 60.8 Å². The van der Waals surface area contributed by atoms with Gasteiger partial charge in [-0.05, 0) is 96.3 Å². The molecule has 0 aromatic heterocycles. The topological polar surface area (TPSA) is 78.9 Å². The Hall–Kier alpha value is -2.89. The molecule has 0 aromatic rings. The van der Waals surface area contributed by atoms with E-state index in [1.807, 2.05) is 0 Å². The van der Waals surface area contributed by atoms with Crippen molar-refractivity contribution in [1.82, 2.24) is 0 Å². The second-order valence-electron chi connectivity index (χ2n) is 17.8. The number of carbonyl (C=O) groups is 3. The summed E-state index contributed by atoms with van der Waals surface area (Å²) in [4.78, 5) is 37.9. The fourth-order valence-corrected chi connectivity index (χ4v) is 7.35. The zero-order valence-electron chi connectivity index (χ0n) is 41.6. The van der Waals surface area contributed by atoms with E-state index in [1.54, 1.807) is 0 Å². The van der Waals surface area contributed by atoms with Crippen LogP contribution in [-0.4, -0.2) is 37.2 Å². The van der Waals surface area contributed by atoms with Crippen LogP contribution in [0, 0.1) is 0 Å². The summed E-state index contributed by atoms with van der Waals surface area (Å²) >= 11 is 0. The van der Waals surface area contributed by atoms with Crippen molar-refractivity contribution >= 4 is 17.9 Å². The minimum absolute atomic E-state index is 0.0840. The molecule has 1 unspecified atom stereocenters. The van der Waals surface area contributed by atoms with Crippen LogP contribution in [0.3, 0.4) is 0 Å². The fourth-order valence-electron chi connectivity index (χ4n) is 7.35. The number of hydrogen-bond acceptors (Lipinski definition) is 6.